The summed E-state index contributed by atoms with van der Waals surface area (Å²) in [5.41, 5.74) is -0.406. The fraction of sp³-hybridized carbons (Fsp3) is 0.286. The number of benzene rings is 2. The summed E-state index contributed by atoms with van der Waals surface area (Å²) in [7, 11) is 1.53. The second-order valence-electron chi connectivity index (χ2n) is 6.75. The van der Waals surface area contributed by atoms with Crippen molar-refractivity contribution in [3.8, 4) is 11.8 Å². The van der Waals surface area contributed by atoms with Crippen LogP contribution in [0.25, 0.3) is 0 Å². The molecule has 1 N–H and O–H groups in total. The Labute approximate surface area is 156 Å². The third kappa shape index (κ3) is 6.15. The second-order valence-corrected chi connectivity index (χ2v) is 6.75. The lowest BCUT2D eigenvalue weighted by Crippen LogP contribution is -2.26. The summed E-state index contributed by atoms with van der Waals surface area (Å²) in [5, 5.41) is 9.60. The lowest BCUT2D eigenvalue weighted by molar-refractivity contribution is -0.137. The molecule has 0 atom stereocenters. The van der Waals surface area contributed by atoms with Crippen LogP contribution in [0.2, 0.25) is 0 Å². The van der Waals surface area contributed by atoms with E-state index in [0.29, 0.717) is 16.7 Å². The molecule has 0 unspecified atom stereocenters. The summed E-state index contributed by atoms with van der Waals surface area (Å²) in [4.78, 5) is 13.8. The predicted molar refractivity (Wildman–Crippen MR) is 96.9 cm³/mol. The number of aliphatic hydroxyl groups is 1. The minimum absolute atomic E-state index is 0.0585. The van der Waals surface area contributed by atoms with Gasteiger partial charge in [0, 0.05) is 24.7 Å². The first-order valence-corrected chi connectivity index (χ1v) is 8.23. The normalized spacial score (nSPS) is 11.5. The third-order valence-corrected chi connectivity index (χ3v) is 3.67. The number of rotatable bonds is 3. The number of hydrogen-bond donors (Lipinski definition) is 1. The zero-order chi connectivity index (χ0) is 20.2. The first kappa shape index (κ1) is 20.5. The van der Waals surface area contributed by atoms with E-state index in [1.54, 1.807) is 44.2 Å². The van der Waals surface area contributed by atoms with E-state index >= 15 is 0 Å². The average molecular weight is 375 g/mol. The van der Waals surface area contributed by atoms with Crippen molar-refractivity contribution < 1.29 is 23.1 Å². The van der Waals surface area contributed by atoms with Gasteiger partial charge in [0.2, 0.25) is 0 Å². The van der Waals surface area contributed by atoms with Gasteiger partial charge in [0.05, 0.1) is 5.56 Å². The predicted octanol–water partition coefficient (Wildman–Crippen LogP) is 4.10. The van der Waals surface area contributed by atoms with E-state index in [0.717, 1.165) is 12.1 Å². The Balaban J connectivity index is 2.10. The van der Waals surface area contributed by atoms with Crippen LogP contribution in [0.5, 0.6) is 0 Å². The fourth-order valence-corrected chi connectivity index (χ4v) is 2.33. The van der Waals surface area contributed by atoms with Gasteiger partial charge < -0.3 is 10.0 Å². The van der Waals surface area contributed by atoms with Crippen LogP contribution < -0.4 is 0 Å². The highest BCUT2D eigenvalue weighted by molar-refractivity contribution is 5.94. The molecule has 0 aliphatic rings. The molecule has 0 aliphatic carbocycles. The smallest absolute Gasteiger partial charge is 0.378 e. The van der Waals surface area contributed by atoms with Gasteiger partial charge in [0.25, 0.3) is 5.91 Å². The molecule has 2 aromatic carbocycles. The lowest BCUT2D eigenvalue weighted by atomic mass is 10.1. The minimum atomic E-state index is -4.42. The number of hydrogen-bond acceptors (Lipinski definition) is 2. The molecule has 142 valence electrons. The van der Waals surface area contributed by atoms with Gasteiger partial charge in [-0.1, -0.05) is 24.0 Å². The lowest BCUT2D eigenvalue weighted by Gasteiger charge is -2.18. The van der Waals surface area contributed by atoms with Crippen molar-refractivity contribution in [2.45, 2.75) is 32.2 Å². The molecule has 0 radical (unpaired) electrons. The molecule has 0 bridgehead atoms. The van der Waals surface area contributed by atoms with E-state index in [1.807, 2.05) is 0 Å². The average Bonchev–Trinajstić information content (AvgIpc) is 2.58. The molecule has 0 saturated heterocycles. The summed E-state index contributed by atoms with van der Waals surface area (Å²) in [6.07, 6.45) is -4.42. The molecular formula is C21H20F3NO2. The van der Waals surface area contributed by atoms with Gasteiger partial charge in [-0.3, -0.25) is 4.79 Å². The van der Waals surface area contributed by atoms with Crippen LogP contribution in [0, 0.1) is 11.8 Å². The third-order valence-electron chi connectivity index (χ3n) is 3.67. The van der Waals surface area contributed by atoms with Crippen LogP contribution in [-0.2, 0) is 12.7 Å². The first-order chi connectivity index (χ1) is 12.5. The van der Waals surface area contributed by atoms with E-state index in [1.165, 1.54) is 18.0 Å². The van der Waals surface area contributed by atoms with Gasteiger partial charge in [0.15, 0.2) is 0 Å². The Bertz CT molecular complexity index is 869. The summed E-state index contributed by atoms with van der Waals surface area (Å²) in [5.74, 6) is 5.18. The molecule has 0 aromatic heterocycles. The van der Waals surface area contributed by atoms with Crippen molar-refractivity contribution in [3.05, 3.63) is 70.8 Å². The molecule has 0 heterocycles. The van der Waals surface area contributed by atoms with Crippen molar-refractivity contribution in [1.29, 1.82) is 0 Å². The molecule has 3 nitrogen and oxygen atoms in total. The number of carbonyl (C=O) groups excluding carboxylic acids is 1. The topological polar surface area (TPSA) is 40.5 Å². The van der Waals surface area contributed by atoms with Crippen molar-refractivity contribution in [3.63, 3.8) is 0 Å². The molecule has 6 heteroatoms. The fourth-order valence-electron chi connectivity index (χ4n) is 2.33. The van der Waals surface area contributed by atoms with Crippen LogP contribution in [0.1, 0.15) is 40.9 Å². The number of carbonyl (C=O) groups is 1. The number of alkyl halides is 3. The van der Waals surface area contributed by atoms with Gasteiger partial charge in [-0.25, -0.2) is 0 Å². The zero-order valence-electron chi connectivity index (χ0n) is 15.3. The molecule has 0 spiro atoms. The first-order valence-electron chi connectivity index (χ1n) is 8.23. The monoisotopic (exact) mass is 375 g/mol. The zero-order valence-corrected chi connectivity index (χ0v) is 15.3. The van der Waals surface area contributed by atoms with Crippen molar-refractivity contribution in [1.82, 2.24) is 4.90 Å². The van der Waals surface area contributed by atoms with E-state index in [2.05, 4.69) is 11.8 Å². The maximum Gasteiger partial charge on any atom is 0.416 e. The quantitative estimate of drug-likeness (QED) is 0.821. The molecule has 0 aliphatic heterocycles. The largest absolute Gasteiger partial charge is 0.416 e. The Morgan fingerprint density at radius 2 is 1.74 bits per heavy atom. The highest BCUT2D eigenvalue weighted by Crippen LogP contribution is 2.29. The molecule has 27 heavy (non-hydrogen) atoms. The Kier molecular flexibility index (Phi) is 5.97. The SMILES string of the molecule is CN(Cc1cccc(C(F)(F)F)c1)C(=O)c1ccc(C#CC(C)(C)O)cc1. The highest BCUT2D eigenvalue weighted by atomic mass is 19.4. The van der Waals surface area contributed by atoms with Gasteiger partial charge in [0.1, 0.15) is 5.60 Å². The van der Waals surface area contributed by atoms with Crippen molar-refractivity contribution in [2.24, 2.45) is 0 Å². The van der Waals surface area contributed by atoms with Crippen molar-refractivity contribution in [2.75, 3.05) is 7.05 Å². The summed E-state index contributed by atoms with van der Waals surface area (Å²) in [6.45, 7) is 3.20. The van der Waals surface area contributed by atoms with Gasteiger partial charge in [-0.2, -0.15) is 13.2 Å². The Morgan fingerprint density at radius 3 is 2.30 bits per heavy atom. The van der Waals surface area contributed by atoms with Crippen molar-refractivity contribution >= 4 is 5.91 Å². The highest BCUT2D eigenvalue weighted by Gasteiger charge is 2.30. The molecule has 0 saturated carbocycles. The Hall–Kier alpha value is -2.78. The van der Waals surface area contributed by atoms with E-state index < -0.39 is 17.3 Å². The van der Waals surface area contributed by atoms with Gasteiger partial charge >= 0.3 is 6.18 Å². The summed E-state index contributed by atoms with van der Waals surface area (Å²) >= 11 is 0. The van der Waals surface area contributed by atoms with Crippen LogP contribution in [-0.4, -0.2) is 28.6 Å². The van der Waals surface area contributed by atoms with Crippen LogP contribution >= 0.6 is 0 Å². The summed E-state index contributed by atoms with van der Waals surface area (Å²) < 4.78 is 38.4. The number of nitrogens with zero attached hydrogens (tertiary/aromatic N) is 1. The second kappa shape index (κ2) is 7.85. The maximum atomic E-state index is 12.8. The Morgan fingerprint density at radius 1 is 1.11 bits per heavy atom. The van der Waals surface area contributed by atoms with E-state index in [-0.39, 0.29) is 12.5 Å². The van der Waals surface area contributed by atoms with Crippen LogP contribution in [0.4, 0.5) is 13.2 Å². The summed E-state index contributed by atoms with van der Waals surface area (Å²) in [6, 6.07) is 11.4. The maximum absolute atomic E-state index is 12.8. The van der Waals surface area contributed by atoms with Crippen LogP contribution in [0.15, 0.2) is 48.5 Å². The van der Waals surface area contributed by atoms with Gasteiger partial charge in [-0.05, 0) is 55.8 Å². The van der Waals surface area contributed by atoms with E-state index in [9.17, 15) is 23.1 Å². The number of amides is 1. The van der Waals surface area contributed by atoms with E-state index in [4.69, 9.17) is 0 Å². The molecular weight excluding hydrogens is 355 g/mol. The molecule has 0 fully saturated rings. The minimum Gasteiger partial charge on any atom is -0.378 e. The standard InChI is InChI=1S/C21H20F3NO2/c1-20(2,27)12-11-15-7-9-17(10-8-15)19(26)25(3)14-16-5-4-6-18(13-16)21(22,23)24/h4-10,13,27H,14H2,1-3H3. The van der Waals surface area contributed by atoms with Crippen LogP contribution in [0.3, 0.4) is 0 Å². The molecule has 2 aromatic rings. The number of halogens is 3. The molecule has 1 amide bonds. The molecule has 2 rings (SSSR count). The van der Waals surface area contributed by atoms with Gasteiger partial charge in [-0.15, -0.1) is 0 Å².